The van der Waals surface area contributed by atoms with Crippen molar-refractivity contribution in [2.45, 2.75) is 0 Å². The van der Waals surface area contributed by atoms with E-state index in [2.05, 4.69) is 0 Å². The lowest BCUT2D eigenvalue weighted by molar-refractivity contribution is 1.14. The Morgan fingerprint density at radius 2 is 1.19 bits per heavy atom. The molecular formula is C30H20N2. The highest BCUT2D eigenvalue weighted by atomic mass is 15.0. The van der Waals surface area contributed by atoms with Gasteiger partial charge in [-0.1, -0.05) is 72.7 Å². The lowest BCUT2D eigenvalue weighted by Gasteiger charge is -2.17. The molecule has 0 N–H and O–H groups in total. The van der Waals surface area contributed by atoms with Gasteiger partial charge in [-0.25, -0.2) is 0 Å². The van der Waals surface area contributed by atoms with Crippen LogP contribution in [0, 0.1) is 0 Å². The zero-order chi connectivity index (χ0) is 31.5. The van der Waals surface area contributed by atoms with Crippen LogP contribution in [0.1, 0.15) is 16.4 Å². The fraction of sp³-hybridized carbons (Fsp3) is 0. The minimum atomic E-state index is -0.503. The number of nitrogens with zero attached hydrogens (tertiary/aromatic N) is 2. The first-order valence-corrected chi connectivity index (χ1v) is 9.99. The van der Waals surface area contributed by atoms with Gasteiger partial charge < -0.3 is 9.13 Å². The molecule has 150 valence electrons. The van der Waals surface area contributed by atoms with Crippen molar-refractivity contribution in [1.29, 1.82) is 0 Å². The summed E-state index contributed by atoms with van der Waals surface area (Å²) in [4.78, 5) is 0. The molecule has 0 atom stereocenters. The first kappa shape index (κ1) is 9.46. The molecule has 7 aromatic rings. The summed E-state index contributed by atoms with van der Waals surface area (Å²) in [6.07, 6.45) is -0.686. The van der Waals surface area contributed by atoms with E-state index < -0.39 is 48.3 Å². The quantitative estimate of drug-likeness (QED) is 0.252. The van der Waals surface area contributed by atoms with E-state index in [0.29, 0.717) is 32.9 Å². The van der Waals surface area contributed by atoms with Crippen LogP contribution < -0.4 is 0 Å². The topological polar surface area (TPSA) is 9.86 Å². The SMILES string of the molecule is [2H]c1c([2H])c([2H])c2c(c1[2H])c([2H])c([2H])n2-c1cccc2c(-n3c([2H])c([2H])c4c([2H])c([2H])c([2H])c([2H])c43)c3ccccc3cc12. The van der Waals surface area contributed by atoms with Gasteiger partial charge in [0.2, 0.25) is 0 Å². The van der Waals surface area contributed by atoms with Gasteiger partial charge in [-0.2, -0.15) is 0 Å². The van der Waals surface area contributed by atoms with Crippen LogP contribution in [-0.2, 0) is 0 Å². The maximum Gasteiger partial charge on any atom is 0.0822 e. The van der Waals surface area contributed by atoms with Gasteiger partial charge in [0.15, 0.2) is 0 Å². The van der Waals surface area contributed by atoms with Crippen LogP contribution in [0.5, 0.6) is 0 Å². The van der Waals surface area contributed by atoms with Crippen LogP contribution in [0.3, 0.4) is 0 Å². The van der Waals surface area contributed by atoms with Gasteiger partial charge in [0, 0.05) is 28.5 Å². The third kappa shape index (κ3) is 2.41. The molecule has 2 aromatic heterocycles. The van der Waals surface area contributed by atoms with Crippen molar-refractivity contribution >= 4 is 43.4 Å². The van der Waals surface area contributed by atoms with E-state index in [1.165, 1.54) is 9.13 Å². The predicted molar refractivity (Wildman–Crippen MR) is 135 cm³/mol. The zero-order valence-corrected chi connectivity index (χ0v) is 16.5. The highest BCUT2D eigenvalue weighted by Gasteiger charge is 2.15. The van der Waals surface area contributed by atoms with Gasteiger partial charge >= 0.3 is 0 Å². The normalized spacial score (nSPS) is 17.0. The number of aromatic nitrogens is 2. The second-order valence-electron chi connectivity index (χ2n) is 7.41. The molecule has 0 aliphatic heterocycles. The third-order valence-electron chi connectivity index (χ3n) is 5.69. The number of rotatable bonds is 2. The van der Waals surface area contributed by atoms with Gasteiger partial charge in [-0.15, -0.1) is 0 Å². The van der Waals surface area contributed by atoms with Crippen molar-refractivity contribution in [3.63, 3.8) is 0 Å². The molecule has 0 amide bonds. The van der Waals surface area contributed by atoms with E-state index in [0.717, 1.165) is 0 Å². The maximum absolute atomic E-state index is 8.95. The van der Waals surface area contributed by atoms with Crippen molar-refractivity contribution in [2.24, 2.45) is 0 Å². The minimum Gasteiger partial charge on any atom is -0.316 e. The molecule has 2 nitrogen and oxygen atoms in total. The van der Waals surface area contributed by atoms with Crippen molar-refractivity contribution in [2.75, 3.05) is 0 Å². The fourth-order valence-electron chi connectivity index (χ4n) is 4.30. The lowest BCUT2D eigenvalue weighted by atomic mass is 9.99. The van der Waals surface area contributed by atoms with Crippen LogP contribution in [0.2, 0.25) is 0 Å². The molecule has 2 heteroatoms. The Morgan fingerprint density at radius 3 is 2.00 bits per heavy atom. The van der Waals surface area contributed by atoms with E-state index in [-0.39, 0.29) is 46.2 Å². The molecule has 32 heavy (non-hydrogen) atoms. The molecule has 0 spiro atoms. The van der Waals surface area contributed by atoms with E-state index in [1.54, 1.807) is 36.4 Å². The number of hydrogen-bond acceptors (Lipinski definition) is 0. The molecule has 5 aromatic carbocycles. The van der Waals surface area contributed by atoms with Crippen molar-refractivity contribution in [1.82, 2.24) is 9.13 Å². The second-order valence-corrected chi connectivity index (χ2v) is 7.41. The summed E-state index contributed by atoms with van der Waals surface area (Å²) in [5, 5.41) is 2.12. The number of para-hydroxylation sites is 2. The largest absolute Gasteiger partial charge is 0.316 e. The Bertz CT molecular complexity index is 2420. The summed E-state index contributed by atoms with van der Waals surface area (Å²) >= 11 is 0. The fourth-order valence-corrected chi connectivity index (χ4v) is 4.30. The average molecular weight is 421 g/mol. The summed E-state index contributed by atoms with van der Waals surface area (Å²) in [5.41, 5.74) is 0.658. The molecule has 0 fully saturated rings. The van der Waals surface area contributed by atoms with Crippen molar-refractivity contribution in [3.05, 3.63) is 121 Å². The van der Waals surface area contributed by atoms with Crippen LogP contribution in [0.15, 0.2) is 121 Å². The molecule has 0 saturated heterocycles. The summed E-state index contributed by atoms with van der Waals surface area (Å²) in [6, 6.07) is 9.77. The van der Waals surface area contributed by atoms with E-state index in [9.17, 15) is 0 Å². The standard InChI is InChI=1S/C30H20N2/c1-4-11-24-23(10-1)20-26-25(30(24)32-19-17-22-9-3-6-14-28(22)32)12-7-15-29(26)31-18-16-21-8-2-5-13-27(21)31/h1-20H/i2D,3D,5D,6D,8D,9D,13D,14D,16D,17D,18D,19D. The average Bonchev–Trinajstić information content (AvgIpc) is 3.44. The van der Waals surface area contributed by atoms with Crippen molar-refractivity contribution < 1.29 is 16.4 Å². The summed E-state index contributed by atoms with van der Waals surface area (Å²) in [5.74, 6) is 0. The Morgan fingerprint density at radius 1 is 0.531 bits per heavy atom. The molecule has 0 saturated carbocycles. The summed E-state index contributed by atoms with van der Waals surface area (Å²) in [7, 11) is 0. The van der Waals surface area contributed by atoms with Gasteiger partial charge in [0.25, 0.3) is 0 Å². The summed E-state index contributed by atoms with van der Waals surface area (Å²) < 4.78 is 105. The molecule has 0 unspecified atom stereocenters. The Hall–Kier alpha value is -4.30. The molecular weight excluding hydrogens is 388 g/mol. The van der Waals surface area contributed by atoms with Gasteiger partial charge in [0.1, 0.15) is 0 Å². The zero-order valence-electron chi connectivity index (χ0n) is 28.5. The minimum absolute atomic E-state index is 0.0239. The number of hydrogen-bond donors (Lipinski definition) is 0. The van der Waals surface area contributed by atoms with Gasteiger partial charge in [-0.05, 0) is 52.5 Å². The third-order valence-corrected chi connectivity index (χ3v) is 5.69. The van der Waals surface area contributed by atoms with Gasteiger partial charge in [-0.3, -0.25) is 0 Å². The first-order chi connectivity index (χ1) is 20.9. The molecule has 0 radical (unpaired) electrons. The van der Waals surface area contributed by atoms with E-state index in [1.807, 2.05) is 12.1 Å². The van der Waals surface area contributed by atoms with Crippen molar-refractivity contribution in [3.8, 4) is 11.4 Å². The highest BCUT2D eigenvalue weighted by Crippen LogP contribution is 2.37. The maximum atomic E-state index is 8.95. The summed E-state index contributed by atoms with van der Waals surface area (Å²) in [6.45, 7) is 0. The van der Waals surface area contributed by atoms with E-state index >= 15 is 0 Å². The monoisotopic (exact) mass is 420 g/mol. The molecule has 0 aliphatic rings. The molecule has 0 aliphatic carbocycles. The van der Waals surface area contributed by atoms with E-state index in [4.69, 9.17) is 16.4 Å². The Balaban J connectivity index is 1.71. The Kier molecular flexibility index (Phi) is 1.95. The van der Waals surface area contributed by atoms with Crippen LogP contribution >= 0.6 is 0 Å². The Labute approximate surface area is 202 Å². The van der Waals surface area contributed by atoms with Crippen LogP contribution in [0.4, 0.5) is 0 Å². The molecule has 2 heterocycles. The van der Waals surface area contributed by atoms with Crippen LogP contribution in [0.25, 0.3) is 54.7 Å². The van der Waals surface area contributed by atoms with Gasteiger partial charge in [0.05, 0.1) is 38.9 Å². The molecule has 7 rings (SSSR count). The highest BCUT2D eigenvalue weighted by molar-refractivity contribution is 6.11. The number of benzene rings is 5. The first-order valence-electron chi connectivity index (χ1n) is 16.0. The molecule has 0 bridgehead atoms. The second kappa shape index (κ2) is 6.60. The van der Waals surface area contributed by atoms with Crippen LogP contribution in [-0.4, -0.2) is 9.13 Å². The smallest absolute Gasteiger partial charge is 0.0822 e. The number of fused-ring (bicyclic) bond motifs is 4. The lowest BCUT2D eigenvalue weighted by Crippen LogP contribution is -1.99. The predicted octanol–water partition coefficient (Wildman–Crippen LogP) is 7.88.